The molecule has 0 saturated heterocycles. The van der Waals surface area contributed by atoms with E-state index in [4.69, 9.17) is 10.7 Å². The Bertz CT molecular complexity index is 1520. The van der Waals surface area contributed by atoms with E-state index in [0.717, 1.165) is 48.3 Å². The maximum Gasteiger partial charge on any atom is 0.314 e. The highest BCUT2D eigenvalue weighted by Crippen LogP contribution is 2.39. The van der Waals surface area contributed by atoms with E-state index in [-0.39, 0.29) is 12.1 Å². The fraction of sp³-hybridized carbons (Fsp3) is 0.344. The molecule has 2 amide bonds. The van der Waals surface area contributed by atoms with E-state index in [9.17, 15) is 4.79 Å². The van der Waals surface area contributed by atoms with Gasteiger partial charge in [0.15, 0.2) is 0 Å². The molecule has 6 rings (SSSR count). The number of allylic oxidation sites excluding steroid dienone is 4. The zero-order valence-electron chi connectivity index (χ0n) is 23.2. The first-order valence-electron chi connectivity index (χ1n) is 14.3. The molecule has 40 heavy (non-hydrogen) atoms. The highest BCUT2D eigenvalue weighted by Gasteiger charge is 2.30. The summed E-state index contributed by atoms with van der Waals surface area (Å²) in [5.74, 6) is 2.36. The van der Waals surface area contributed by atoms with Crippen molar-refractivity contribution in [2.45, 2.75) is 44.6 Å². The first-order chi connectivity index (χ1) is 19.5. The summed E-state index contributed by atoms with van der Waals surface area (Å²) in [7, 11) is 2.15. The Kier molecular flexibility index (Phi) is 7.15. The van der Waals surface area contributed by atoms with Crippen LogP contribution in [0, 0.1) is 5.92 Å². The Labute approximate surface area is 235 Å². The van der Waals surface area contributed by atoms with E-state index in [1.807, 2.05) is 19.2 Å². The maximum absolute atomic E-state index is 11.8. The minimum atomic E-state index is -0.0849. The molecule has 0 spiro atoms. The van der Waals surface area contributed by atoms with E-state index >= 15 is 0 Å². The van der Waals surface area contributed by atoms with Crippen molar-refractivity contribution >= 4 is 28.6 Å². The molecular weight excluding hydrogens is 498 g/mol. The molecule has 3 heterocycles. The number of amides is 2. The van der Waals surface area contributed by atoms with Gasteiger partial charge in [0, 0.05) is 49.7 Å². The molecule has 1 unspecified atom stereocenters. The molecular formula is C32H37N7O. The lowest BCUT2D eigenvalue weighted by Crippen LogP contribution is -2.38. The third kappa shape index (κ3) is 4.90. The summed E-state index contributed by atoms with van der Waals surface area (Å²) in [6, 6.07) is 10.5. The number of urea groups is 1. The average molecular weight is 536 g/mol. The molecule has 3 aliphatic rings. The second-order valence-corrected chi connectivity index (χ2v) is 10.9. The van der Waals surface area contributed by atoms with Gasteiger partial charge in [-0.1, -0.05) is 48.6 Å². The smallest absolute Gasteiger partial charge is 0.314 e. The standard InChI is InChI=1S/C32H37N7O/c1-3-34-32(40)36-20-21-9-11-24(12-10-21)31-37-28(29-30(33)35-17-18-39(29)31)25-14-13-23-15-16-26(38(2)27(23)19-25)22-7-5-4-6-8-22/h4-8,13-19,21,24,27H,3,9-12,20H2,1-2H3,(H2,33,35)(H2,34,36,40). The number of likely N-dealkylation sites (N-methyl/N-ethyl adjacent to an activating group) is 1. The molecule has 206 valence electrons. The van der Waals surface area contributed by atoms with Crippen molar-refractivity contribution in [3.8, 4) is 0 Å². The molecule has 8 nitrogen and oxygen atoms in total. The zero-order valence-corrected chi connectivity index (χ0v) is 23.2. The molecule has 1 aliphatic heterocycles. The largest absolute Gasteiger partial charge is 0.382 e. The Morgan fingerprint density at radius 2 is 1.88 bits per heavy atom. The van der Waals surface area contributed by atoms with E-state index in [1.54, 1.807) is 6.20 Å². The Morgan fingerprint density at radius 1 is 1.07 bits per heavy atom. The van der Waals surface area contributed by atoms with Gasteiger partial charge in [-0.2, -0.15) is 0 Å². The summed E-state index contributed by atoms with van der Waals surface area (Å²) >= 11 is 0. The van der Waals surface area contributed by atoms with Crippen LogP contribution in [0.4, 0.5) is 10.6 Å². The van der Waals surface area contributed by atoms with Crippen LogP contribution >= 0.6 is 0 Å². The van der Waals surface area contributed by atoms with Crippen LogP contribution in [0.1, 0.15) is 55.6 Å². The van der Waals surface area contributed by atoms with Crippen molar-refractivity contribution in [2.75, 3.05) is 25.9 Å². The molecule has 3 aromatic rings. The number of nitrogen functional groups attached to an aromatic ring is 1. The molecule has 8 heteroatoms. The summed E-state index contributed by atoms with van der Waals surface area (Å²) in [6.07, 6.45) is 19.0. The number of hydrogen-bond donors (Lipinski definition) is 3. The molecule has 1 aromatic carbocycles. The number of nitrogens with two attached hydrogens (primary N) is 1. The van der Waals surface area contributed by atoms with Crippen LogP contribution in [-0.2, 0) is 0 Å². The second kappa shape index (κ2) is 11.0. The number of carbonyl (C=O) groups excluding carboxylic acids is 1. The van der Waals surface area contributed by atoms with Crippen molar-refractivity contribution in [3.05, 3.63) is 95.8 Å². The Morgan fingerprint density at radius 3 is 2.65 bits per heavy atom. The van der Waals surface area contributed by atoms with Crippen molar-refractivity contribution in [3.63, 3.8) is 0 Å². The van der Waals surface area contributed by atoms with Gasteiger partial charge in [0.25, 0.3) is 0 Å². The number of fused-ring (bicyclic) bond motifs is 2. The Hall–Kier alpha value is -4.33. The van der Waals surface area contributed by atoms with Gasteiger partial charge >= 0.3 is 6.03 Å². The van der Waals surface area contributed by atoms with Crippen LogP contribution in [-0.4, -0.2) is 51.5 Å². The van der Waals surface area contributed by atoms with Crippen LogP contribution in [0.15, 0.2) is 78.7 Å². The third-order valence-electron chi connectivity index (χ3n) is 8.42. The van der Waals surface area contributed by atoms with Gasteiger partial charge in [0.05, 0.1) is 11.7 Å². The fourth-order valence-corrected chi connectivity index (χ4v) is 6.27. The van der Waals surface area contributed by atoms with Crippen LogP contribution in [0.2, 0.25) is 0 Å². The first-order valence-corrected chi connectivity index (χ1v) is 14.3. The highest BCUT2D eigenvalue weighted by molar-refractivity contribution is 5.89. The van der Waals surface area contributed by atoms with Crippen molar-refractivity contribution < 1.29 is 4.79 Å². The van der Waals surface area contributed by atoms with Gasteiger partial charge in [0.2, 0.25) is 0 Å². The summed E-state index contributed by atoms with van der Waals surface area (Å²) in [6.45, 7) is 3.28. The lowest BCUT2D eigenvalue weighted by atomic mass is 9.81. The normalized spacial score (nSPS) is 22.3. The number of nitrogens with zero attached hydrogens (tertiary/aromatic N) is 4. The predicted octanol–water partition coefficient (Wildman–Crippen LogP) is 5.14. The lowest BCUT2D eigenvalue weighted by molar-refractivity contribution is 0.235. The zero-order chi connectivity index (χ0) is 27.6. The SMILES string of the molecule is CCNC(=O)NCC1CCC(c2nc(C3=CC4C(=CC=C(c5ccccc5)N4C)C=C3)c3c(N)nccn23)CC1. The lowest BCUT2D eigenvalue weighted by Gasteiger charge is -2.35. The number of nitrogens with one attached hydrogen (secondary N) is 2. The van der Waals surface area contributed by atoms with Gasteiger partial charge in [-0.05, 0) is 61.8 Å². The van der Waals surface area contributed by atoms with Crippen molar-refractivity contribution in [2.24, 2.45) is 5.92 Å². The highest BCUT2D eigenvalue weighted by atomic mass is 16.2. The number of rotatable bonds is 6. The molecule has 1 fully saturated rings. The van der Waals surface area contributed by atoms with Gasteiger partial charge in [0.1, 0.15) is 17.2 Å². The van der Waals surface area contributed by atoms with Crippen molar-refractivity contribution in [1.82, 2.24) is 29.9 Å². The van der Waals surface area contributed by atoms with Gasteiger partial charge in [-0.15, -0.1) is 0 Å². The minimum Gasteiger partial charge on any atom is -0.382 e. The van der Waals surface area contributed by atoms with Crippen LogP contribution in [0.5, 0.6) is 0 Å². The number of anilines is 1. The third-order valence-corrected chi connectivity index (χ3v) is 8.42. The topological polar surface area (TPSA) is 101 Å². The number of carbonyl (C=O) groups is 1. The number of hydrogen-bond acceptors (Lipinski definition) is 5. The average Bonchev–Trinajstić information content (AvgIpc) is 3.38. The summed E-state index contributed by atoms with van der Waals surface area (Å²) < 4.78 is 2.15. The van der Waals surface area contributed by atoms with E-state index in [1.165, 1.54) is 16.8 Å². The van der Waals surface area contributed by atoms with Crippen LogP contribution in [0.25, 0.3) is 16.8 Å². The van der Waals surface area contributed by atoms with Gasteiger partial charge < -0.3 is 21.3 Å². The number of benzene rings is 1. The van der Waals surface area contributed by atoms with Crippen LogP contribution < -0.4 is 16.4 Å². The van der Waals surface area contributed by atoms with E-state index in [0.29, 0.717) is 30.7 Å². The number of imidazole rings is 1. The molecule has 4 N–H and O–H groups in total. The summed E-state index contributed by atoms with van der Waals surface area (Å²) in [4.78, 5) is 23.8. The monoisotopic (exact) mass is 535 g/mol. The summed E-state index contributed by atoms with van der Waals surface area (Å²) in [5, 5.41) is 5.82. The summed E-state index contributed by atoms with van der Waals surface area (Å²) in [5.41, 5.74) is 12.9. The predicted molar refractivity (Wildman–Crippen MR) is 160 cm³/mol. The molecule has 2 aliphatic carbocycles. The van der Waals surface area contributed by atoms with Crippen molar-refractivity contribution in [1.29, 1.82) is 0 Å². The second-order valence-electron chi connectivity index (χ2n) is 10.9. The van der Waals surface area contributed by atoms with E-state index < -0.39 is 0 Å². The first kappa shape index (κ1) is 25.9. The van der Waals surface area contributed by atoms with Gasteiger partial charge in [-0.25, -0.2) is 14.8 Å². The quantitative estimate of drug-likeness (QED) is 0.406. The molecule has 0 bridgehead atoms. The van der Waals surface area contributed by atoms with E-state index in [2.05, 4.69) is 86.6 Å². The van der Waals surface area contributed by atoms with Gasteiger partial charge in [-0.3, -0.25) is 4.40 Å². The maximum atomic E-state index is 11.8. The number of aromatic nitrogens is 3. The molecule has 2 aromatic heterocycles. The molecule has 1 saturated carbocycles. The molecule has 1 atom stereocenters. The molecule has 0 radical (unpaired) electrons. The minimum absolute atomic E-state index is 0.0849. The fourth-order valence-electron chi connectivity index (χ4n) is 6.27. The Balaban J connectivity index is 1.26. The van der Waals surface area contributed by atoms with Crippen LogP contribution in [0.3, 0.4) is 0 Å².